The highest BCUT2D eigenvalue weighted by atomic mass is 16.2. The molecule has 2 saturated carbocycles. The molecule has 2 aliphatic rings. The molecule has 5 heteroatoms. The molecule has 0 saturated heterocycles. The molecule has 1 aromatic carbocycles. The molecule has 2 aromatic rings. The number of nitrogens with zero attached hydrogens (tertiary/aromatic N) is 2. The summed E-state index contributed by atoms with van der Waals surface area (Å²) in [6, 6.07) is 5.73. The van der Waals surface area contributed by atoms with Crippen LogP contribution in [0, 0.1) is 24.7 Å². The van der Waals surface area contributed by atoms with Crippen LogP contribution < -0.4 is 10.9 Å². The average molecular weight is 339 g/mol. The number of nitrogens with one attached hydrogen (secondary N) is 1. The summed E-state index contributed by atoms with van der Waals surface area (Å²) in [6.45, 7) is 4.07. The second-order valence-electron chi connectivity index (χ2n) is 7.84. The maximum atomic E-state index is 12.6. The zero-order valence-electron chi connectivity index (χ0n) is 14.9. The van der Waals surface area contributed by atoms with Crippen molar-refractivity contribution in [2.45, 2.75) is 52.1 Å². The van der Waals surface area contributed by atoms with Crippen molar-refractivity contribution in [3.05, 3.63) is 40.4 Å². The molecular formula is C20H25N3O2. The first-order valence-corrected chi connectivity index (χ1v) is 9.27. The van der Waals surface area contributed by atoms with Gasteiger partial charge in [-0.2, -0.15) is 0 Å². The summed E-state index contributed by atoms with van der Waals surface area (Å²) < 4.78 is 1.41. The number of hydrogen-bond acceptors (Lipinski definition) is 3. The molecule has 0 spiro atoms. The number of hydrogen-bond donors (Lipinski definition) is 1. The van der Waals surface area contributed by atoms with Crippen LogP contribution in [0.4, 0.5) is 0 Å². The van der Waals surface area contributed by atoms with E-state index in [1.54, 1.807) is 6.07 Å². The van der Waals surface area contributed by atoms with E-state index >= 15 is 0 Å². The lowest BCUT2D eigenvalue weighted by Crippen LogP contribution is -2.42. The van der Waals surface area contributed by atoms with Crippen molar-refractivity contribution in [2.24, 2.45) is 17.8 Å². The molecule has 1 amide bonds. The summed E-state index contributed by atoms with van der Waals surface area (Å²) in [7, 11) is 0. The summed E-state index contributed by atoms with van der Waals surface area (Å²) in [5, 5.41) is 3.68. The molecule has 1 heterocycles. The van der Waals surface area contributed by atoms with Crippen molar-refractivity contribution in [2.75, 3.05) is 0 Å². The van der Waals surface area contributed by atoms with Crippen LogP contribution in [0.1, 0.15) is 38.2 Å². The van der Waals surface area contributed by atoms with Crippen molar-refractivity contribution in [1.29, 1.82) is 0 Å². The summed E-state index contributed by atoms with van der Waals surface area (Å²) in [5.74, 6) is 2.13. The molecule has 2 bridgehead atoms. The molecule has 4 atom stereocenters. The van der Waals surface area contributed by atoms with Crippen molar-refractivity contribution in [3.63, 3.8) is 0 Å². The molecule has 25 heavy (non-hydrogen) atoms. The number of amides is 1. The Kier molecular flexibility index (Phi) is 4.10. The van der Waals surface area contributed by atoms with Crippen LogP contribution in [0.15, 0.2) is 29.3 Å². The Morgan fingerprint density at radius 3 is 2.92 bits per heavy atom. The van der Waals surface area contributed by atoms with Gasteiger partial charge in [0.05, 0.1) is 17.2 Å². The first-order chi connectivity index (χ1) is 12.0. The van der Waals surface area contributed by atoms with Gasteiger partial charge in [0.2, 0.25) is 5.91 Å². The lowest BCUT2D eigenvalue weighted by molar-refractivity contribution is -0.122. The lowest BCUT2D eigenvalue weighted by atomic mass is 9.84. The fourth-order valence-electron chi connectivity index (χ4n) is 4.92. The summed E-state index contributed by atoms with van der Waals surface area (Å²) in [4.78, 5) is 29.4. The largest absolute Gasteiger partial charge is 0.352 e. The fraction of sp³-hybridized carbons (Fsp3) is 0.550. The van der Waals surface area contributed by atoms with E-state index in [4.69, 9.17) is 0 Å². The highest BCUT2D eigenvalue weighted by Crippen LogP contribution is 2.49. The standard InChI is InChI=1S/C20H25N3O2/c1-12-4-3-5-16-19(12)21-11-23(20(16)25)10-18(24)22-13(2)17-9-14-6-7-15(17)8-14/h3-5,11,13-15,17H,6-10H2,1-2H3,(H,22,24). The zero-order valence-corrected chi connectivity index (χ0v) is 14.9. The van der Waals surface area contributed by atoms with Gasteiger partial charge in [0.25, 0.3) is 5.56 Å². The number of benzene rings is 1. The van der Waals surface area contributed by atoms with E-state index in [9.17, 15) is 9.59 Å². The van der Waals surface area contributed by atoms with Gasteiger partial charge in [-0.3, -0.25) is 14.2 Å². The van der Waals surface area contributed by atoms with Crippen molar-refractivity contribution in [3.8, 4) is 0 Å². The van der Waals surface area contributed by atoms with Crippen molar-refractivity contribution < 1.29 is 4.79 Å². The molecule has 4 unspecified atom stereocenters. The second kappa shape index (κ2) is 6.28. The van der Waals surface area contributed by atoms with Gasteiger partial charge in [-0.15, -0.1) is 0 Å². The van der Waals surface area contributed by atoms with Gasteiger partial charge in [0, 0.05) is 6.04 Å². The van der Waals surface area contributed by atoms with Crippen molar-refractivity contribution >= 4 is 16.8 Å². The van der Waals surface area contributed by atoms with Crippen molar-refractivity contribution in [1.82, 2.24) is 14.9 Å². The molecule has 1 N–H and O–H groups in total. The Labute approximate surface area is 147 Å². The minimum absolute atomic E-state index is 0.0286. The van der Waals surface area contributed by atoms with E-state index in [2.05, 4.69) is 17.2 Å². The Balaban J connectivity index is 1.47. The highest BCUT2D eigenvalue weighted by Gasteiger charge is 2.42. The van der Waals surface area contributed by atoms with Crippen LogP contribution in [0.3, 0.4) is 0 Å². The lowest BCUT2D eigenvalue weighted by Gasteiger charge is -2.28. The van der Waals surface area contributed by atoms with Gasteiger partial charge in [-0.1, -0.05) is 18.6 Å². The topological polar surface area (TPSA) is 64.0 Å². The van der Waals surface area contributed by atoms with Gasteiger partial charge in [0.15, 0.2) is 0 Å². The highest BCUT2D eigenvalue weighted by molar-refractivity contribution is 5.81. The molecule has 132 valence electrons. The monoisotopic (exact) mass is 339 g/mol. The molecule has 4 rings (SSSR count). The molecule has 2 fully saturated rings. The van der Waals surface area contributed by atoms with Gasteiger partial charge in [0.1, 0.15) is 6.54 Å². The number of aromatic nitrogens is 2. The van der Waals surface area contributed by atoms with E-state index in [-0.39, 0.29) is 24.1 Å². The number of rotatable bonds is 4. The predicted molar refractivity (Wildman–Crippen MR) is 97.3 cm³/mol. The summed E-state index contributed by atoms with van der Waals surface area (Å²) in [5.41, 5.74) is 1.52. The molecule has 2 aliphatic carbocycles. The first-order valence-electron chi connectivity index (χ1n) is 9.27. The average Bonchev–Trinajstić information content (AvgIpc) is 3.21. The Morgan fingerprint density at radius 1 is 1.36 bits per heavy atom. The van der Waals surface area contributed by atoms with E-state index in [0.29, 0.717) is 16.8 Å². The number of carbonyl (C=O) groups excluding carboxylic acids is 1. The zero-order chi connectivity index (χ0) is 17.6. The molecule has 1 aromatic heterocycles. The molecule has 0 radical (unpaired) electrons. The predicted octanol–water partition coefficient (Wildman–Crippen LogP) is 2.65. The van der Waals surface area contributed by atoms with E-state index in [1.165, 1.54) is 36.6 Å². The number of fused-ring (bicyclic) bond motifs is 3. The van der Waals surface area contributed by atoms with Gasteiger partial charge in [-0.05, 0) is 62.5 Å². The summed E-state index contributed by atoms with van der Waals surface area (Å²) in [6.07, 6.45) is 6.73. The minimum atomic E-state index is -0.156. The third-order valence-electron chi connectivity index (χ3n) is 6.19. The van der Waals surface area contributed by atoms with Crippen LogP contribution in [-0.2, 0) is 11.3 Å². The number of aryl methyl sites for hydroxylation is 1. The first kappa shape index (κ1) is 16.3. The van der Waals surface area contributed by atoms with Crippen LogP contribution in [0.2, 0.25) is 0 Å². The summed E-state index contributed by atoms with van der Waals surface area (Å²) >= 11 is 0. The third-order valence-corrected chi connectivity index (χ3v) is 6.19. The fourth-order valence-corrected chi connectivity index (χ4v) is 4.92. The van der Waals surface area contributed by atoms with Gasteiger partial charge < -0.3 is 5.32 Å². The van der Waals surface area contributed by atoms with Crippen LogP contribution >= 0.6 is 0 Å². The maximum Gasteiger partial charge on any atom is 0.261 e. The van der Waals surface area contributed by atoms with E-state index in [0.717, 1.165) is 17.4 Å². The third kappa shape index (κ3) is 2.96. The molecule has 5 nitrogen and oxygen atoms in total. The van der Waals surface area contributed by atoms with Gasteiger partial charge in [-0.25, -0.2) is 4.98 Å². The normalized spacial score (nSPS) is 26.1. The second-order valence-corrected chi connectivity index (χ2v) is 7.84. The quantitative estimate of drug-likeness (QED) is 0.931. The number of carbonyl (C=O) groups is 1. The van der Waals surface area contributed by atoms with E-state index in [1.807, 2.05) is 19.1 Å². The Hall–Kier alpha value is -2.17. The van der Waals surface area contributed by atoms with Crippen LogP contribution in [0.5, 0.6) is 0 Å². The van der Waals surface area contributed by atoms with Crippen LogP contribution in [0.25, 0.3) is 10.9 Å². The molecule has 0 aliphatic heterocycles. The Bertz CT molecular complexity index is 873. The van der Waals surface area contributed by atoms with Gasteiger partial charge >= 0.3 is 0 Å². The number of para-hydroxylation sites is 1. The minimum Gasteiger partial charge on any atom is -0.352 e. The van der Waals surface area contributed by atoms with Crippen LogP contribution in [-0.4, -0.2) is 21.5 Å². The Morgan fingerprint density at radius 2 is 2.20 bits per heavy atom. The maximum absolute atomic E-state index is 12.6. The van der Waals surface area contributed by atoms with E-state index < -0.39 is 0 Å². The smallest absolute Gasteiger partial charge is 0.261 e. The molecular weight excluding hydrogens is 314 g/mol. The SMILES string of the molecule is Cc1cccc2c(=O)n(CC(=O)NC(C)C3CC4CCC3C4)cnc12.